The first kappa shape index (κ1) is 18.9. The molecule has 2 aliphatic rings. The fourth-order valence-corrected chi connectivity index (χ4v) is 4.40. The summed E-state index contributed by atoms with van der Waals surface area (Å²) in [5.41, 5.74) is 3.00. The van der Waals surface area contributed by atoms with E-state index in [1.54, 1.807) is 6.07 Å². The molecule has 0 radical (unpaired) electrons. The minimum atomic E-state index is -0.362. The fourth-order valence-electron chi connectivity index (χ4n) is 4.40. The predicted molar refractivity (Wildman–Crippen MR) is 114 cm³/mol. The van der Waals surface area contributed by atoms with Crippen molar-refractivity contribution in [1.29, 1.82) is 0 Å². The Bertz CT molecular complexity index is 1140. The van der Waals surface area contributed by atoms with Crippen LogP contribution >= 0.6 is 0 Å². The van der Waals surface area contributed by atoms with E-state index in [1.807, 2.05) is 47.4 Å². The standard InChI is InChI=1S/C24H24N2O4/c27-22-8-4-12-26(22)13-5-11-25-15-20-21(29-16-25)10-9-18-19(14-23(28)30-24(18)20)17-6-2-1-3-7-17/h1-3,6-7,9-10,14H,4-5,8,11-13,15-16H2. The summed E-state index contributed by atoms with van der Waals surface area (Å²) >= 11 is 0. The third-order valence-corrected chi connectivity index (χ3v) is 5.92. The number of benzene rings is 2. The average molecular weight is 404 g/mol. The van der Waals surface area contributed by atoms with Gasteiger partial charge in [0.25, 0.3) is 0 Å². The van der Waals surface area contributed by atoms with Crippen molar-refractivity contribution < 1.29 is 13.9 Å². The monoisotopic (exact) mass is 404 g/mol. The van der Waals surface area contributed by atoms with Crippen molar-refractivity contribution in [1.82, 2.24) is 9.80 Å². The molecule has 3 aromatic rings. The number of likely N-dealkylation sites (tertiary alicyclic amines) is 1. The van der Waals surface area contributed by atoms with Gasteiger partial charge in [-0.15, -0.1) is 0 Å². The number of nitrogens with zero attached hydrogens (tertiary/aromatic N) is 2. The van der Waals surface area contributed by atoms with E-state index in [-0.39, 0.29) is 11.5 Å². The smallest absolute Gasteiger partial charge is 0.336 e. The van der Waals surface area contributed by atoms with Gasteiger partial charge >= 0.3 is 5.63 Å². The molecule has 5 rings (SSSR count). The Hall–Kier alpha value is -3.12. The molecule has 0 N–H and O–H groups in total. The van der Waals surface area contributed by atoms with Crippen LogP contribution in [0.2, 0.25) is 0 Å². The molecule has 30 heavy (non-hydrogen) atoms. The van der Waals surface area contributed by atoms with E-state index >= 15 is 0 Å². The quantitative estimate of drug-likeness (QED) is 0.608. The molecule has 1 saturated heterocycles. The molecule has 0 spiro atoms. The van der Waals surface area contributed by atoms with Crippen LogP contribution in [-0.4, -0.2) is 42.1 Å². The molecule has 3 heterocycles. The molecule has 0 aliphatic carbocycles. The normalized spacial score (nSPS) is 16.7. The Kier molecular flexibility index (Phi) is 5.01. The van der Waals surface area contributed by atoms with Gasteiger partial charge in [0.05, 0.1) is 5.56 Å². The van der Waals surface area contributed by atoms with Crippen molar-refractivity contribution in [2.45, 2.75) is 25.8 Å². The fraction of sp³-hybridized carbons (Fsp3) is 0.333. The lowest BCUT2D eigenvalue weighted by Crippen LogP contribution is -2.35. The van der Waals surface area contributed by atoms with E-state index in [1.165, 1.54) is 0 Å². The second kappa shape index (κ2) is 7.95. The number of amides is 1. The molecule has 1 aromatic heterocycles. The molecule has 1 fully saturated rings. The third-order valence-electron chi connectivity index (χ3n) is 5.92. The molecule has 6 heteroatoms. The van der Waals surface area contributed by atoms with Gasteiger partial charge in [0, 0.05) is 44.1 Å². The van der Waals surface area contributed by atoms with Crippen LogP contribution < -0.4 is 10.4 Å². The topological polar surface area (TPSA) is 63.0 Å². The Morgan fingerprint density at radius 2 is 1.87 bits per heavy atom. The molecule has 0 bridgehead atoms. The number of hydrogen-bond acceptors (Lipinski definition) is 5. The van der Waals surface area contributed by atoms with E-state index in [2.05, 4.69) is 4.90 Å². The van der Waals surface area contributed by atoms with Crippen LogP contribution in [0.25, 0.3) is 22.1 Å². The number of fused-ring (bicyclic) bond motifs is 3. The Morgan fingerprint density at radius 3 is 2.67 bits per heavy atom. The summed E-state index contributed by atoms with van der Waals surface area (Å²) in [6.07, 6.45) is 2.54. The van der Waals surface area contributed by atoms with Gasteiger partial charge in [-0.05, 0) is 36.1 Å². The summed E-state index contributed by atoms with van der Waals surface area (Å²) in [7, 11) is 0. The van der Waals surface area contributed by atoms with Gasteiger partial charge in [-0.25, -0.2) is 4.79 Å². The summed E-state index contributed by atoms with van der Waals surface area (Å²) in [6, 6.07) is 15.4. The lowest BCUT2D eigenvalue weighted by molar-refractivity contribution is -0.127. The van der Waals surface area contributed by atoms with Gasteiger partial charge in [-0.3, -0.25) is 9.69 Å². The van der Waals surface area contributed by atoms with Gasteiger partial charge in [0.15, 0.2) is 0 Å². The number of carbonyl (C=O) groups is 1. The molecule has 2 aliphatic heterocycles. The van der Waals surface area contributed by atoms with Crippen molar-refractivity contribution >= 4 is 16.9 Å². The maximum absolute atomic E-state index is 12.3. The van der Waals surface area contributed by atoms with Crippen LogP contribution in [0.4, 0.5) is 0 Å². The Labute approximate surface area is 174 Å². The van der Waals surface area contributed by atoms with Gasteiger partial charge in [0.2, 0.25) is 5.91 Å². The van der Waals surface area contributed by atoms with Crippen LogP contribution in [0.5, 0.6) is 5.75 Å². The van der Waals surface area contributed by atoms with Gasteiger partial charge < -0.3 is 14.1 Å². The summed E-state index contributed by atoms with van der Waals surface area (Å²) < 4.78 is 11.6. The lowest BCUT2D eigenvalue weighted by Gasteiger charge is -2.30. The summed E-state index contributed by atoms with van der Waals surface area (Å²) in [5.74, 6) is 1.03. The second-order valence-electron chi connectivity index (χ2n) is 7.93. The van der Waals surface area contributed by atoms with Crippen LogP contribution in [0.1, 0.15) is 24.8 Å². The highest BCUT2D eigenvalue weighted by atomic mass is 16.5. The lowest BCUT2D eigenvalue weighted by atomic mass is 9.99. The zero-order valence-corrected chi connectivity index (χ0v) is 16.8. The van der Waals surface area contributed by atoms with Crippen LogP contribution in [-0.2, 0) is 11.3 Å². The SMILES string of the molecule is O=C1CCCN1CCCN1COc2ccc3c(-c4ccccc4)cc(=O)oc3c2C1. The molecule has 0 unspecified atom stereocenters. The van der Waals surface area contributed by atoms with E-state index in [9.17, 15) is 9.59 Å². The van der Waals surface area contributed by atoms with Crippen molar-refractivity contribution in [3.8, 4) is 16.9 Å². The van der Waals surface area contributed by atoms with E-state index in [4.69, 9.17) is 9.15 Å². The summed E-state index contributed by atoms with van der Waals surface area (Å²) in [4.78, 5) is 28.3. The summed E-state index contributed by atoms with van der Waals surface area (Å²) in [6.45, 7) is 3.63. The first-order valence-electron chi connectivity index (χ1n) is 10.5. The maximum Gasteiger partial charge on any atom is 0.336 e. The minimum absolute atomic E-state index is 0.261. The zero-order chi connectivity index (χ0) is 20.5. The third kappa shape index (κ3) is 3.59. The molecular formula is C24H24N2O4. The largest absolute Gasteiger partial charge is 0.478 e. The maximum atomic E-state index is 12.3. The second-order valence-corrected chi connectivity index (χ2v) is 7.93. The molecule has 0 saturated carbocycles. The molecule has 0 atom stereocenters. The van der Waals surface area contributed by atoms with Gasteiger partial charge in [-0.2, -0.15) is 0 Å². The van der Waals surface area contributed by atoms with Crippen molar-refractivity contribution in [3.63, 3.8) is 0 Å². The van der Waals surface area contributed by atoms with Crippen LogP contribution in [0.3, 0.4) is 0 Å². The number of ether oxygens (including phenoxy) is 1. The highest BCUT2D eigenvalue weighted by molar-refractivity contribution is 5.95. The van der Waals surface area contributed by atoms with Crippen molar-refractivity contribution in [2.75, 3.05) is 26.4 Å². The predicted octanol–water partition coefficient (Wildman–Crippen LogP) is 3.62. The van der Waals surface area contributed by atoms with Crippen LogP contribution in [0.15, 0.2) is 57.7 Å². The number of carbonyl (C=O) groups excluding carboxylic acids is 1. The van der Waals surface area contributed by atoms with E-state index < -0.39 is 0 Å². The molecule has 1 amide bonds. The molecule has 2 aromatic carbocycles. The highest BCUT2D eigenvalue weighted by Gasteiger charge is 2.24. The van der Waals surface area contributed by atoms with Gasteiger partial charge in [-0.1, -0.05) is 30.3 Å². The van der Waals surface area contributed by atoms with E-state index in [0.717, 1.165) is 60.3 Å². The number of rotatable bonds is 5. The average Bonchev–Trinajstić information content (AvgIpc) is 3.18. The van der Waals surface area contributed by atoms with Gasteiger partial charge in [0.1, 0.15) is 18.1 Å². The van der Waals surface area contributed by atoms with Crippen molar-refractivity contribution in [3.05, 3.63) is 64.5 Å². The first-order chi connectivity index (χ1) is 14.7. The first-order valence-corrected chi connectivity index (χ1v) is 10.5. The van der Waals surface area contributed by atoms with Crippen LogP contribution in [0, 0.1) is 0 Å². The minimum Gasteiger partial charge on any atom is -0.478 e. The molecular weight excluding hydrogens is 380 g/mol. The molecule has 6 nitrogen and oxygen atoms in total. The summed E-state index contributed by atoms with van der Waals surface area (Å²) in [5, 5.41) is 0.910. The van der Waals surface area contributed by atoms with E-state index in [0.29, 0.717) is 25.3 Å². The zero-order valence-electron chi connectivity index (χ0n) is 16.8. The number of hydrogen-bond donors (Lipinski definition) is 0. The molecule has 154 valence electrons. The Balaban J connectivity index is 1.41. The highest BCUT2D eigenvalue weighted by Crippen LogP contribution is 2.36. The Morgan fingerprint density at radius 1 is 1.00 bits per heavy atom. The van der Waals surface area contributed by atoms with Crippen molar-refractivity contribution in [2.24, 2.45) is 0 Å².